The molecule has 1 aliphatic rings. The summed E-state index contributed by atoms with van der Waals surface area (Å²) in [7, 11) is -4.13. The molecule has 1 unspecified atom stereocenters. The van der Waals surface area contributed by atoms with Crippen LogP contribution in [0.4, 0.5) is 15.2 Å². The minimum absolute atomic E-state index is 0.121. The van der Waals surface area contributed by atoms with E-state index in [0.717, 1.165) is 55.9 Å². The zero-order chi connectivity index (χ0) is 22.5. The number of thiazole rings is 1. The van der Waals surface area contributed by atoms with Gasteiger partial charge >= 0.3 is 0 Å². The van der Waals surface area contributed by atoms with Gasteiger partial charge in [-0.1, -0.05) is 11.6 Å². The Hall–Kier alpha value is -1.50. The predicted octanol–water partition coefficient (Wildman–Crippen LogP) is 2.58. The third kappa shape index (κ3) is 6.99. The van der Waals surface area contributed by atoms with Gasteiger partial charge in [0.15, 0.2) is 5.13 Å². The van der Waals surface area contributed by atoms with Crippen LogP contribution in [-0.2, 0) is 10.0 Å². The molecule has 0 saturated carbocycles. The third-order valence-corrected chi connectivity index (χ3v) is 7.34. The highest BCUT2D eigenvalue weighted by Gasteiger charge is 2.26. The molecule has 1 aromatic carbocycles. The Balaban J connectivity index is 1.51. The van der Waals surface area contributed by atoms with Gasteiger partial charge in [-0.2, -0.15) is 0 Å². The van der Waals surface area contributed by atoms with Crippen LogP contribution < -0.4 is 15.4 Å². The normalized spacial score (nSPS) is 20.4. The number of halogens is 2. The zero-order valence-corrected chi connectivity index (χ0v) is 19.6. The summed E-state index contributed by atoms with van der Waals surface area (Å²) in [5.74, 6) is -0.893. The molecular weight excluding hydrogens is 465 g/mol. The topological polar surface area (TPSA) is 107 Å². The van der Waals surface area contributed by atoms with Crippen molar-refractivity contribution in [3.05, 3.63) is 34.5 Å². The van der Waals surface area contributed by atoms with Gasteiger partial charge in [0, 0.05) is 44.3 Å². The maximum absolute atomic E-state index is 14.5. The van der Waals surface area contributed by atoms with E-state index in [2.05, 4.69) is 25.2 Å². The van der Waals surface area contributed by atoms with E-state index in [9.17, 15) is 17.9 Å². The Labute approximate surface area is 190 Å². The quantitative estimate of drug-likeness (QED) is 0.399. The number of aromatic nitrogens is 1. The van der Waals surface area contributed by atoms with Gasteiger partial charge in [-0.3, -0.25) is 9.62 Å². The van der Waals surface area contributed by atoms with Gasteiger partial charge in [0.2, 0.25) is 0 Å². The summed E-state index contributed by atoms with van der Waals surface area (Å²) >= 11 is 7.29. The van der Waals surface area contributed by atoms with Gasteiger partial charge < -0.3 is 15.7 Å². The lowest BCUT2D eigenvalue weighted by molar-refractivity contribution is 0.0339. The lowest BCUT2D eigenvalue weighted by Crippen LogP contribution is -2.43. The van der Waals surface area contributed by atoms with Crippen LogP contribution in [0.25, 0.3) is 0 Å². The number of benzene rings is 1. The van der Waals surface area contributed by atoms with Crippen LogP contribution in [-0.4, -0.2) is 68.3 Å². The van der Waals surface area contributed by atoms with Gasteiger partial charge in [0.05, 0.1) is 16.3 Å². The molecule has 0 spiro atoms. The van der Waals surface area contributed by atoms with Crippen molar-refractivity contribution in [3.63, 3.8) is 0 Å². The molecule has 1 saturated heterocycles. The number of aliphatic hydroxyl groups is 1. The largest absolute Gasteiger partial charge is 0.388 e. The Morgan fingerprint density at radius 2 is 2.23 bits per heavy atom. The lowest BCUT2D eigenvalue weighted by atomic mass is 10.1. The molecule has 2 heterocycles. The average molecular weight is 492 g/mol. The number of nitrogens with one attached hydrogen (secondary N) is 3. The Kier molecular flexibility index (Phi) is 8.11. The second-order valence-corrected chi connectivity index (χ2v) is 10.7. The molecule has 31 heavy (non-hydrogen) atoms. The molecule has 0 amide bonds. The van der Waals surface area contributed by atoms with Crippen LogP contribution >= 0.6 is 22.9 Å². The summed E-state index contributed by atoms with van der Waals surface area (Å²) in [5, 5.41) is 18.4. The van der Waals surface area contributed by atoms with E-state index < -0.39 is 26.3 Å². The lowest BCUT2D eigenvalue weighted by Gasteiger charge is -2.27. The number of hydrogen-bond donors (Lipinski definition) is 4. The highest BCUT2D eigenvalue weighted by molar-refractivity contribution is 7.93. The van der Waals surface area contributed by atoms with Crippen molar-refractivity contribution in [2.45, 2.75) is 30.3 Å². The van der Waals surface area contributed by atoms with E-state index in [0.29, 0.717) is 25.3 Å². The van der Waals surface area contributed by atoms with Gasteiger partial charge in [-0.15, -0.1) is 11.3 Å². The summed E-state index contributed by atoms with van der Waals surface area (Å²) < 4.78 is 41.6. The fourth-order valence-electron chi connectivity index (χ4n) is 3.40. The zero-order valence-electron chi connectivity index (χ0n) is 17.2. The average Bonchev–Trinajstić information content (AvgIpc) is 3.12. The summed E-state index contributed by atoms with van der Waals surface area (Å²) in [4.78, 5) is 5.54. The molecule has 4 N–H and O–H groups in total. The van der Waals surface area contributed by atoms with Crippen molar-refractivity contribution >= 4 is 43.8 Å². The molecule has 1 atom stereocenters. The number of β-amino-alcohol motifs (C(OH)–C–C–N with tert-alkyl or cyclic N) is 1. The van der Waals surface area contributed by atoms with E-state index in [-0.39, 0.29) is 10.2 Å². The van der Waals surface area contributed by atoms with E-state index in [1.807, 2.05) is 6.92 Å². The Morgan fingerprint density at radius 1 is 1.42 bits per heavy atom. The fourth-order valence-corrected chi connectivity index (χ4v) is 5.57. The monoisotopic (exact) mass is 491 g/mol. The molecule has 1 fully saturated rings. The summed E-state index contributed by atoms with van der Waals surface area (Å²) in [6.45, 7) is 6.16. The molecule has 2 aromatic rings. The first kappa shape index (κ1) is 24.1. The van der Waals surface area contributed by atoms with E-state index in [1.54, 1.807) is 5.38 Å². The first-order valence-electron chi connectivity index (χ1n) is 9.97. The highest BCUT2D eigenvalue weighted by atomic mass is 35.5. The van der Waals surface area contributed by atoms with Gasteiger partial charge in [-0.05, 0) is 38.4 Å². The van der Waals surface area contributed by atoms with Crippen molar-refractivity contribution in [3.8, 4) is 0 Å². The van der Waals surface area contributed by atoms with Crippen LogP contribution in [0.1, 0.15) is 19.8 Å². The molecule has 0 aliphatic carbocycles. The summed E-state index contributed by atoms with van der Waals surface area (Å²) in [6.07, 6.45) is 3.16. The smallest absolute Gasteiger partial charge is 0.266 e. The van der Waals surface area contributed by atoms with Crippen LogP contribution in [0.3, 0.4) is 0 Å². The summed E-state index contributed by atoms with van der Waals surface area (Å²) in [5.41, 5.74) is -0.398. The van der Waals surface area contributed by atoms with Crippen LogP contribution in [0.5, 0.6) is 0 Å². The van der Waals surface area contributed by atoms with Crippen LogP contribution in [0.2, 0.25) is 5.02 Å². The fraction of sp³-hybridized carbons (Fsp3) is 0.526. The minimum atomic E-state index is -4.13. The van der Waals surface area contributed by atoms with E-state index in [1.165, 1.54) is 6.20 Å². The molecule has 12 heteroatoms. The molecule has 8 nitrogen and oxygen atoms in total. The highest BCUT2D eigenvalue weighted by Crippen LogP contribution is 2.29. The number of nitrogens with zero attached hydrogens (tertiary/aromatic N) is 2. The maximum Gasteiger partial charge on any atom is 0.266 e. The van der Waals surface area contributed by atoms with Crippen molar-refractivity contribution in [2.24, 2.45) is 0 Å². The van der Waals surface area contributed by atoms with E-state index in [4.69, 9.17) is 11.6 Å². The van der Waals surface area contributed by atoms with E-state index >= 15 is 0 Å². The molecule has 0 bridgehead atoms. The molecular formula is C19H27ClFN5O3S2. The predicted molar refractivity (Wildman–Crippen MR) is 122 cm³/mol. The number of anilines is 2. The second kappa shape index (κ2) is 10.4. The molecule has 1 aliphatic heterocycles. The molecule has 1 aromatic heterocycles. The maximum atomic E-state index is 14.5. The first-order valence-corrected chi connectivity index (χ1v) is 12.7. The number of sulfonamides is 1. The molecule has 3 rings (SSSR count). The van der Waals surface area contributed by atoms with Crippen molar-refractivity contribution in [1.29, 1.82) is 0 Å². The first-order chi connectivity index (χ1) is 14.7. The number of unbranched alkanes of at least 4 members (excludes halogenated alkanes) is 1. The van der Waals surface area contributed by atoms with Crippen LogP contribution in [0.15, 0.2) is 28.6 Å². The van der Waals surface area contributed by atoms with Crippen molar-refractivity contribution in [2.75, 3.05) is 49.3 Å². The number of rotatable bonds is 9. The second-order valence-electron chi connectivity index (χ2n) is 7.79. The third-order valence-electron chi connectivity index (χ3n) is 4.86. The molecule has 0 radical (unpaired) electrons. The Bertz CT molecular complexity index is 973. The standard InChI is InChI=1S/C19H27ClFN5O3S2/c1-19(27)12-22-5-8-26(13-19)7-3-2-4-23-16-11-15(21)17(10-14(16)20)31(28,29)25-18-24-6-9-30-18/h6,9-11,22-23,27H,2-5,7-8,12-13H2,1H3,(H,24,25). The van der Waals surface area contributed by atoms with Gasteiger partial charge in [0.25, 0.3) is 10.0 Å². The Morgan fingerprint density at radius 3 is 2.97 bits per heavy atom. The number of hydrogen-bond acceptors (Lipinski definition) is 8. The SMILES string of the molecule is CC1(O)CNCCN(CCCCNc2cc(F)c(S(=O)(=O)Nc3nccs3)cc2Cl)C1. The minimum Gasteiger partial charge on any atom is -0.388 e. The van der Waals surface area contributed by atoms with Crippen LogP contribution in [0, 0.1) is 5.82 Å². The van der Waals surface area contributed by atoms with Gasteiger partial charge in [0.1, 0.15) is 10.7 Å². The van der Waals surface area contributed by atoms with Gasteiger partial charge in [-0.25, -0.2) is 17.8 Å². The van der Waals surface area contributed by atoms with Crippen molar-refractivity contribution < 1.29 is 17.9 Å². The molecule has 172 valence electrons. The summed E-state index contributed by atoms with van der Waals surface area (Å²) in [6, 6.07) is 2.19. The van der Waals surface area contributed by atoms with Crippen molar-refractivity contribution in [1.82, 2.24) is 15.2 Å².